The van der Waals surface area contributed by atoms with E-state index >= 15 is 0 Å². The Bertz CT molecular complexity index is 303. The lowest BCUT2D eigenvalue weighted by molar-refractivity contribution is -0.139. The van der Waals surface area contributed by atoms with Gasteiger partial charge in [0.05, 0.1) is 6.54 Å². The molecule has 0 aliphatic carbocycles. The molecule has 0 aliphatic rings. The molecule has 0 aromatic carbocycles. The van der Waals surface area contributed by atoms with E-state index in [0.29, 0.717) is 31.3 Å². The molecule has 5 heteroatoms. The minimum atomic E-state index is -0.0393. The number of hydrogen-bond donors (Lipinski definition) is 1. The van der Waals surface area contributed by atoms with Crippen molar-refractivity contribution in [1.82, 2.24) is 9.80 Å². The van der Waals surface area contributed by atoms with Crippen molar-refractivity contribution in [3.05, 3.63) is 0 Å². The van der Waals surface area contributed by atoms with E-state index in [2.05, 4.69) is 13.8 Å². The molecular formula is C15H31N3O2. The monoisotopic (exact) mass is 285 g/mol. The van der Waals surface area contributed by atoms with Crippen LogP contribution in [0.1, 0.15) is 40.0 Å². The van der Waals surface area contributed by atoms with Gasteiger partial charge in [0.25, 0.3) is 0 Å². The van der Waals surface area contributed by atoms with Crippen molar-refractivity contribution in [1.29, 1.82) is 0 Å². The van der Waals surface area contributed by atoms with Gasteiger partial charge >= 0.3 is 0 Å². The number of rotatable bonds is 9. The molecule has 0 heterocycles. The lowest BCUT2D eigenvalue weighted by atomic mass is 9.88. The molecule has 0 aromatic rings. The number of nitrogens with two attached hydrogens (primary N) is 1. The molecule has 1 unspecified atom stereocenters. The van der Waals surface area contributed by atoms with E-state index in [4.69, 9.17) is 5.73 Å². The van der Waals surface area contributed by atoms with E-state index in [1.807, 2.05) is 6.92 Å². The Balaban J connectivity index is 4.37. The van der Waals surface area contributed by atoms with Crippen LogP contribution >= 0.6 is 0 Å². The van der Waals surface area contributed by atoms with Crippen LogP contribution in [0, 0.1) is 11.8 Å². The summed E-state index contributed by atoms with van der Waals surface area (Å²) in [7, 11) is 3.41. The van der Waals surface area contributed by atoms with Crippen molar-refractivity contribution in [2.24, 2.45) is 17.6 Å². The van der Waals surface area contributed by atoms with E-state index in [1.54, 1.807) is 19.0 Å². The van der Waals surface area contributed by atoms with Gasteiger partial charge in [-0.2, -0.15) is 0 Å². The first-order valence-corrected chi connectivity index (χ1v) is 7.51. The second-order valence-corrected chi connectivity index (χ2v) is 5.82. The third-order valence-corrected chi connectivity index (χ3v) is 3.77. The number of likely N-dealkylation sites (N-methyl/N-ethyl adjacent to an activating group) is 2. The molecule has 0 aliphatic heterocycles. The quantitative estimate of drug-likeness (QED) is 0.695. The van der Waals surface area contributed by atoms with E-state index in [9.17, 15) is 9.59 Å². The molecular weight excluding hydrogens is 254 g/mol. The third kappa shape index (κ3) is 6.89. The van der Waals surface area contributed by atoms with Crippen LogP contribution in [-0.4, -0.2) is 55.3 Å². The average Bonchev–Trinajstić information content (AvgIpc) is 2.39. The molecule has 5 nitrogen and oxygen atoms in total. The first kappa shape index (κ1) is 18.9. The molecule has 1 atom stereocenters. The Kier molecular flexibility index (Phi) is 9.21. The zero-order valence-corrected chi connectivity index (χ0v) is 13.7. The van der Waals surface area contributed by atoms with Gasteiger partial charge < -0.3 is 15.5 Å². The molecule has 0 aromatic heterocycles. The second kappa shape index (κ2) is 9.75. The summed E-state index contributed by atoms with van der Waals surface area (Å²) in [6, 6.07) is 0. The number of hydrogen-bond acceptors (Lipinski definition) is 3. The van der Waals surface area contributed by atoms with Gasteiger partial charge in [0, 0.05) is 27.1 Å². The maximum absolute atomic E-state index is 12.2. The van der Waals surface area contributed by atoms with Crippen LogP contribution in [-0.2, 0) is 9.59 Å². The first-order valence-electron chi connectivity index (χ1n) is 7.51. The smallest absolute Gasteiger partial charge is 0.241 e. The van der Waals surface area contributed by atoms with Gasteiger partial charge in [0.1, 0.15) is 0 Å². The second-order valence-electron chi connectivity index (χ2n) is 5.82. The van der Waals surface area contributed by atoms with Gasteiger partial charge in [-0.15, -0.1) is 0 Å². The van der Waals surface area contributed by atoms with Crippen molar-refractivity contribution < 1.29 is 9.59 Å². The summed E-state index contributed by atoms with van der Waals surface area (Å²) in [5.74, 6) is 1.03. The maximum Gasteiger partial charge on any atom is 0.241 e. The number of carbonyl (C=O) groups excluding carboxylic acids is 2. The first-order chi connectivity index (χ1) is 9.33. The molecule has 118 valence electrons. The fourth-order valence-electron chi connectivity index (χ4n) is 2.17. The van der Waals surface area contributed by atoms with Crippen LogP contribution in [0.5, 0.6) is 0 Å². The maximum atomic E-state index is 12.2. The largest absolute Gasteiger partial charge is 0.347 e. The Labute approximate surface area is 123 Å². The minimum Gasteiger partial charge on any atom is -0.347 e. The van der Waals surface area contributed by atoms with Gasteiger partial charge in [-0.25, -0.2) is 0 Å². The standard InChI is InChI=1S/C15H31N3O2/c1-6-18(11-15(20)17(4)5)14(19)8-7-13(9-10-16)12(2)3/h12-13H,6-11,16H2,1-5H3. The lowest BCUT2D eigenvalue weighted by Crippen LogP contribution is -2.40. The van der Waals surface area contributed by atoms with Crippen molar-refractivity contribution in [2.45, 2.75) is 40.0 Å². The fourth-order valence-corrected chi connectivity index (χ4v) is 2.17. The zero-order valence-electron chi connectivity index (χ0n) is 13.7. The summed E-state index contributed by atoms with van der Waals surface area (Å²) >= 11 is 0. The normalized spacial score (nSPS) is 12.3. The van der Waals surface area contributed by atoms with Gasteiger partial charge in [0.15, 0.2) is 0 Å². The summed E-state index contributed by atoms with van der Waals surface area (Å²) < 4.78 is 0. The number of amides is 2. The third-order valence-electron chi connectivity index (χ3n) is 3.77. The Morgan fingerprint density at radius 1 is 1.10 bits per heavy atom. The predicted molar refractivity (Wildman–Crippen MR) is 82.2 cm³/mol. The highest BCUT2D eigenvalue weighted by atomic mass is 16.2. The van der Waals surface area contributed by atoms with Crippen LogP contribution in [0.3, 0.4) is 0 Å². The SMILES string of the molecule is CCN(CC(=O)N(C)C)C(=O)CCC(CCN)C(C)C. The molecule has 0 spiro atoms. The van der Waals surface area contributed by atoms with Crippen LogP contribution in [0.4, 0.5) is 0 Å². The highest BCUT2D eigenvalue weighted by Gasteiger charge is 2.19. The summed E-state index contributed by atoms with van der Waals surface area (Å²) in [5.41, 5.74) is 5.61. The number of nitrogens with zero attached hydrogens (tertiary/aromatic N) is 2. The van der Waals surface area contributed by atoms with Gasteiger partial charge in [-0.1, -0.05) is 13.8 Å². The van der Waals surface area contributed by atoms with Crippen LogP contribution in [0.25, 0.3) is 0 Å². The molecule has 2 N–H and O–H groups in total. The Hall–Kier alpha value is -1.10. The van der Waals surface area contributed by atoms with Crippen LogP contribution in [0.2, 0.25) is 0 Å². The van der Waals surface area contributed by atoms with Crippen LogP contribution < -0.4 is 5.73 Å². The number of carbonyl (C=O) groups is 2. The van der Waals surface area contributed by atoms with Gasteiger partial charge in [-0.05, 0) is 38.1 Å². The molecule has 20 heavy (non-hydrogen) atoms. The summed E-state index contributed by atoms with van der Waals surface area (Å²) in [5, 5.41) is 0. The zero-order chi connectivity index (χ0) is 15.7. The minimum absolute atomic E-state index is 0.0393. The fraction of sp³-hybridized carbons (Fsp3) is 0.867. The van der Waals surface area contributed by atoms with E-state index < -0.39 is 0 Å². The molecule has 0 saturated heterocycles. The topological polar surface area (TPSA) is 66.6 Å². The molecule has 0 fully saturated rings. The predicted octanol–water partition coefficient (Wildman–Crippen LogP) is 1.32. The molecule has 2 amide bonds. The van der Waals surface area contributed by atoms with E-state index in [-0.39, 0.29) is 18.4 Å². The van der Waals surface area contributed by atoms with E-state index in [1.165, 1.54) is 4.90 Å². The molecule has 0 bridgehead atoms. The van der Waals surface area contributed by atoms with Crippen molar-refractivity contribution in [3.63, 3.8) is 0 Å². The Morgan fingerprint density at radius 3 is 2.10 bits per heavy atom. The average molecular weight is 285 g/mol. The highest BCUT2D eigenvalue weighted by Crippen LogP contribution is 2.20. The van der Waals surface area contributed by atoms with Crippen molar-refractivity contribution in [2.75, 3.05) is 33.7 Å². The Morgan fingerprint density at radius 2 is 1.70 bits per heavy atom. The molecule has 0 saturated carbocycles. The molecule has 0 radical (unpaired) electrons. The van der Waals surface area contributed by atoms with Gasteiger partial charge in [-0.3, -0.25) is 9.59 Å². The summed E-state index contributed by atoms with van der Waals surface area (Å²) in [4.78, 5) is 27.0. The highest BCUT2D eigenvalue weighted by molar-refractivity contribution is 5.84. The molecule has 0 rings (SSSR count). The van der Waals surface area contributed by atoms with Gasteiger partial charge in [0.2, 0.25) is 11.8 Å². The van der Waals surface area contributed by atoms with Crippen LogP contribution in [0.15, 0.2) is 0 Å². The van der Waals surface area contributed by atoms with E-state index in [0.717, 1.165) is 12.8 Å². The lowest BCUT2D eigenvalue weighted by Gasteiger charge is -2.24. The van der Waals surface area contributed by atoms with Crippen molar-refractivity contribution >= 4 is 11.8 Å². The summed E-state index contributed by atoms with van der Waals surface area (Å²) in [6.07, 6.45) is 2.30. The van der Waals surface area contributed by atoms with Crippen molar-refractivity contribution in [3.8, 4) is 0 Å². The summed E-state index contributed by atoms with van der Waals surface area (Å²) in [6.45, 7) is 7.64.